The Morgan fingerprint density at radius 1 is 1.31 bits per heavy atom. The Kier molecular flexibility index (Phi) is 4.76. The number of nitrogens with two attached hydrogens (primary N) is 1. The molecule has 5 nitrogen and oxygen atoms in total. The Balaban J connectivity index is 4.27. The molecule has 0 spiro atoms. The first-order chi connectivity index (χ1) is 5.74. The third-order valence-electron chi connectivity index (χ3n) is 1.15. The highest BCUT2D eigenvalue weighted by Crippen LogP contribution is 1.88. The Morgan fingerprint density at radius 3 is 2.08 bits per heavy atom. The number of hydrogen-bond donors (Lipinski definition) is 3. The van der Waals surface area contributed by atoms with Crippen LogP contribution >= 0.6 is 12.2 Å². The first-order valence-corrected chi connectivity index (χ1v) is 5.72. The summed E-state index contributed by atoms with van der Waals surface area (Å²) in [6, 6.07) is -0.692. The van der Waals surface area contributed by atoms with Crippen molar-refractivity contribution in [2.75, 3.05) is 0 Å². The number of thiocarbonyl (C=S) groups is 1. The van der Waals surface area contributed by atoms with Crippen LogP contribution in [0.25, 0.3) is 0 Å². The summed E-state index contributed by atoms with van der Waals surface area (Å²) < 4.78 is 27.1. The van der Waals surface area contributed by atoms with Crippen LogP contribution in [0.3, 0.4) is 0 Å². The monoisotopic (exact) mass is 225 g/mol. The molecule has 0 saturated heterocycles. The van der Waals surface area contributed by atoms with E-state index >= 15 is 0 Å². The molecule has 7 heteroatoms. The van der Waals surface area contributed by atoms with Crippen molar-refractivity contribution >= 4 is 27.4 Å². The van der Waals surface area contributed by atoms with Gasteiger partial charge in [0.15, 0.2) is 0 Å². The van der Waals surface area contributed by atoms with Crippen molar-refractivity contribution in [1.29, 1.82) is 0 Å². The van der Waals surface area contributed by atoms with Crippen molar-refractivity contribution in [2.45, 2.75) is 32.9 Å². The minimum atomic E-state index is -3.49. The van der Waals surface area contributed by atoms with Gasteiger partial charge in [0.05, 0.1) is 11.0 Å². The van der Waals surface area contributed by atoms with Crippen molar-refractivity contribution < 1.29 is 8.42 Å². The molecule has 0 radical (unpaired) electrons. The molecular weight excluding hydrogens is 210 g/mol. The summed E-state index contributed by atoms with van der Waals surface area (Å²) in [5.74, 6) is 0. The lowest BCUT2D eigenvalue weighted by Crippen LogP contribution is -2.48. The summed E-state index contributed by atoms with van der Waals surface area (Å²) in [6.07, 6.45) is 0. The lowest BCUT2D eigenvalue weighted by atomic mass is 10.4. The van der Waals surface area contributed by atoms with E-state index in [1.165, 1.54) is 0 Å². The van der Waals surface area contributed by atoms with Crippen LogP contribution in [0.15, 0.2) is 0 Å². The van der Waals surface area contributed by atoms with Gasteiger partial charge in [-0.3, -0.25) is 0 Å². The van der Waals surface area contributed by atoms with Gasteiger partial charge in [-0.2, -0.15) is 17.9 Å². The molecule has 0 aliphatic rings. The van der Waals surface area contributed by atoms with Crippen molar-refractivity contribution in [3.8, 4) is 0 Å². The third kappa shape index (κ3) is 5.92. The first kappa shape index (κ1) is 12.8. The van der Waals surface area contributed by atoms with Gasteiger partial charge < -0.3 is 5.73 Å². The summed E-state index contributed by atoms with van der Waals surface area (Å²) in [4.78, 5) is 0.120. The Hall–Kier alpha value is -0.240. The SMILES string of the molecule is CC(C)NS(=O)(=O)NC(C)C(N)=S. The maximum atomic E-state index is 11.2. The predicted molar refractivity (Wildman–Crippen MR) is 56.6 cm³/mol. The van der Waals surface area contributed by atoms with E-state index in [0.29, 0.717) is 0 Å². The van der Waals surface area contributed by atoms with E-state index < -0.39 is 16.3 Å². The van der Waals surface area contributed by atoms with Crippen LogP contribution in [-0.2, 0) is 10.2 Å². The van der Waals surface area contributed by atoms with Crippen molar-refractivity contribution in [1.82, 2.24) is 9.44 Å². The molecule has 0 aromatic rings. The van der Waals surface area contributed by atoms with Gasteiger partial charge in [-0.05, 0) is 20.8 Å². The van der Waals surface area contributed by atoms with Gasteiger partial charge in [0.25, 0.3) is 10.2 Å². The van der Waals surface area contributed by atoms with Gasteiger partial charge >= 0.3 is 0 Å². The molecule has 0 bridgehead atoms. The molecule has 1 atom stereocenters. The smallest absolute Gasteiger partial charge is 0.277 e. The van der Waals surface area contributed by atoms with Gasteiger partial charge in [0.2, 0.25) is 0 Å². The maximum Gasteiger partial charge on any atom is 0.277 e. The normalized spacial score (nSPS) is 14.5. The molecule has 0 aromatic carbocycles. The summed E-state index contributed by atoms with van der Waals surface area (Å²) in [6.45, 7) is 5.04. The fraction of sp³-hybridized carbons (Fsp3) is 0.833. The zero-order valence-electron chi connectivity index (χ0n) is 7.87. The molecule has 78 valence electrons. The molecule has 4 N–H and O–H groups in total. The van der Waals surface area contributed by atoms with Crippen molar-refractivity contribution in [3.63, 3.8) is 0 Å². The van der Waals surface area contributed by atoms with Gasteiger partial charge in [0, 0.05) is 6.04 Å². The first-order valence-electron chi connectivity index (χ1n) is 3.83. The zero-order chi connectivity index (χ0) is 10.6. The molecule has 0 aromatic heterocycles. The molecular formula is C6H15N3O2S2. The predicted octanol–water partition coefficient (Wildman–Crippen LogP) is -0.507. The largest absolute Gasteiger partial charge is 0.392 e. The lowest BCUT2D eigenvalue weighted by Gasteiger charge is -2.14. The molecule has 13 heavy (non-hydrogen) atoms. The second-order valence-corrected chi connectivity index (χ2v) is 4.97. The van der Waals surface area contributed by atoms with E-state index in [2.05, 4.69) is 21.7 Å². The lowest BCUT2D eigenvalue weighted by molar-refractivity contribution is 0.552. The average Bonchev–Trinajstić information content (AvgIpc) is 1.81. The van der Waals surface area contributed by atoms with Crippen LogP contribution in [0.1, 0.15) is 20.8 Å². The molecule has 0 heterocycles. The van der Waals surface area contributed by atoms with Crippen LogP contribution in [0.5, 0.6) is 0 Å². The second kappa shape index (κ2) is 4.85. The Morgan fingerprint density at radius 2 is 1.77 bits per heavy atom. The molecule has 0 rings (SSSR count). The van der Waals surface area contributed by atoms with Crippen molar-refractivity contribution in [2.24, 2.45) is 5.73 Å². The molecule has 0 fully saturated rings. The summed E-state index contributed by atoms with van der Waals surface area (Å²) >= 11 is 4.62. The molecule has 0 amide bonds. The fourth-order valence-electron chi connectivity index (χ4n) is 0.635. The van der Waals surface area contributed by atoms with E-state index in [-0.39, 0.29) is 11.0 Å². The van der Waals surface area contributed by atoms with Crippen LogP contribution in [0.2, 0.25) is 0 Å². The Labute approximate surface area is 84.3 Å². The van der Waals surface area contributed by atoms with Gasteiger partial charge in [-0.25, -0.2) is 0 Å². The minimum Gasteiger partial charge on any atom is -0.392 e. The number of hydrogen-bond acceptors (Lipinski definition) is 3. The molecule has 0 saturated carbocycles. The van der Waals surface area contributed by atoms with E-state index in [1.54, 1.807) is 20.8 Å². The standard InChI is InChI=1S/C6H15N3O2S2/c1-4(2)8-13(10,11)9-5(3)6(7)12/h4-5,8-9H,1-3H3,(H2,7,12). The zero-order valence-corrected chi connectivity index (χ0v) is 9.50. The Bertz CT molecular complexity index is 274. The summed E-state index contributed by atoms with van der Waals surface area (Å²) in [7, 11) is -3.49. The maximum absolute atomic E-state index is 11.2. The van der Waals surface area contributed by atoms with E-state index in [0.717, 1.165) is 0 Å². The van der Waals surface area contributed by atoms with E-state index in [4.69, 9.17) is 5.73 Å². The van der Waals surface area contributed by atoms with Crippen LogP contribution in [-0.4, -0.2) is 25.5 Å². The summed E-state index contributed by atoms with van der Waals surface area (Å²) in [5.41, 5.74) is 5.25. The highest BCUT2D eigenvalue weighted by atomic mass is 32.2. The van der Waals surface area contributed by atoms with Gasteiger partial charge in [0.1, 0.15) is 0 Å². The summed E-state index contributed by atoms with van der Waals surface area (Å²) in [5, 5.41) is 0. The molecule has 0 aliphatic carbocycles. The van der Waals surface area contributed by atoms with Gasteiger partial charge in [-0.15, -0.1) is 0 Å². The topological polar surface area (TPSA) is 84.2 Å². The third-order valence-corrected chi connectivity index (χ3v) is 2.95. The van der Waals surface area contributed by atoms with Gasteiger partial charge in [-0.1, -0.05) is 12.2 Å². The highest BCUT2D eigenvalue weighted by Gasteiger charge is 2.16. The quantitative estimate of drug-likeness (QED) is 0.550. The fourth-order valence-corrected chi connectivity index (χ4v) is 2.05. The van der Waals surface area contributed by atoms with E-state index in [1.807, 2.05) is 0 Å². The molecule has 0 aliphatic heterocycles. The number of rotatable bonds is 5. The highest BCUT2D eigenvalue weighted by molar-refractivity contribution is 7.87. The molecule has 1 unspecified atom stereocenters. The second-order valence-electron chi connectivity index (χ2n) is 3.02. The average molecular weight is 225 g/mol. The minimum absolute atomic E-state index is 0.120. The van der Waals surface area contributed by atoms with Crippen LogP contribution in [0.4, 0.5) is 0 Å². The van der Waals surface area contributed by atoms with E-state index in [9.17, 15) is 8.42 Å². The van der Waals surface area contributed by atoms with Crippen LogP contribution in [0, 0.1) is 0 Å². The van der Waals surface area contributed by atoms with Crippen molar-refractivity contribution in [3.05, 3.63) is 0 Å². The number of nitrogens with one attached hydrogen (secondary N) is 2. The van der Waals surface area contributed by atoms with Crippen LogP contribution < -0.4 is 15.2 Å².